The molecule has 8 heteroatoms. The lowest BCUT2D eigenvalue weighted by molar-refractivity contribution is -0.119. The van der Waals surface area contributed by atoms with E-state index in [-0.39, 0.29) is 17.6 Å². The van der Waals surface area contributed by atoms with Crippen LogP contribution in [-0.4, -0.2) is 25.7 Å². The number of halogens is 1. The second-order valence-corrected chi connectivity index (χ2v) is 6.56. The number of benzene rings is 1. The molecule has 2 aromatic heterocycles. The van der Waals surface area contributed by atoms with Crippen LogP contribution in [0.2, 0.25) is 0 Å². The number of carbonyl (C=O) groups is 1. The highest BCUT2D eigenvalue weighted by Crippen LogP contribution is 2.22. The number of aromatic nitrogens is 4. The number of carbonyl (C=O) groups excluding carboxylic acids is 1. The molecule has 6 nitrogen and oxygen atoms in total. The third kappa shape index (κ3) is 4.23. The number of anilines is 1. The zero-order valence-electron chi connectivity index (χ0n) is 13.0. The molecule has 0 fully saturated rings. The van der Waals surface area contributed by atoms with Gasteiger partial charge in [0.2, 0.25) is 5.91 Å². The van der Waals surface area contributed by atoms with Gasteiger partial charge >= 0.3 is 0 Å². The Morgan fingerprint density at radius 3 is 2.88 bits per heavy atom. The molecule has 1 aromatic carbocycles. The molecule has 24 heavy (non-hydrogen) atoms. The van der Waals surface area contributed by atoms with Crippen LogP contribution < -0.4 is 5.32 Å². The number of rotatable bonds is 6. The van der Waals surface area contributed by atoms with Crippen LogP contribution in [0, 0.1) is 11.7 Å². The minimum Gasteiger partial charge on any atom is -0.302 e. The van der Waals surface area contributed by atoms with Crippen LogP contribution in [0.1, 0.15) is 17.4 Å². The van der Waals surface area contributed by atoms with E-state index in [2.05, 4.69) is 20.4 Å². The lowest BCUT2D eigenvalue weighted by atomic mass is 10.1. The molecule has 0 aliphatic carbocycles. The Morgan fingerprint density at radius 1 is 1.38 bits per heavy atom. The van der Waals surface area contributed by atoms with Crippen LogP contribution in [0.3, 0.4) is 0 Å². The number of amides is 1. The van der Waals surface area contributed by atoms with Crippen LogP contribution in [0.15, 0.2) is 43.1 Å². The van der Waals surface area contributed by atoms with Crippen molar-refractivity contribution in [3.05, 3.63) is 59.4 Å². The molecule has 0 aliphatic rings. The summed E-state index contributed by atoms with van der Waals surface area (Å²) in [6.07, 6.45) is 5.40. The van der Waals surface area contributed by atoms with Crippen molar-refractivity contribution in [2.24, 2.45) is 5.92 Å². The molecule has 3 rings (SSSR count). The Morgan fingerprint density at radius 2 is 2.17 bits per heavy atom. The summed E-state index contributed by atoms with van der Waals surface area (Å²) in [4.78, 5) is 21.3. The molecule has 0 unspecified atom stereocenters. The van der Waals surface area contributed by atoms with Crippen molar-refractivity contribution in [1.82, 2.24) is 19.7 Å². The van der Waals surface area contributed by atoms with Gasteiger partial charge in [0.05, 0.1) is 12.5 Å². The van der Waals surface area contributed by atoms with Crippen molar-refractivity contribution >= 4 is 22.4 Å². The van der Waals surface area contributed by atoms with E-state index in [1.165, 1.54) is 29.8 Å². The average Bonchev–Trinajstić information content (AvgIpc) is 3.22. The van der Waals surface area contributed by atoms with Gasteiger partial charge in [0, 0.05) is 17.5 Å². The molecule has 124 valence electrons. The first-order chi connectivity index (χ1) is 11.6. The van der Waals surface area contributed by atoms with Crippen molar-refractivity contribution in [1.29, 1.82) is 0 Å². The number of hydrogen-bond acceptors (Lipinski definition) is 5. The van der Waals surface area contributed by atoms with E-state index in [4.69, 9.17) is 0 Å². The monoisotopic (exact) mass is 345 g/mol. The normalized spacial score (nSPS) is 12.1. The van der Waals surface area contributed by atoms with Crippen LogP contribution >= 0.6 is 11.3 Å². The van der Waals surface area contributed by atoms with E-state index < -0.39 is 0 Å². The van der Waals surface area contributed by atoms with Gasteiger partial charge in [0.25, 0.3) is 0 Å². The van der Waals surface area contributed by atoms with Crippen molar-refractivity contribution in [2.75, 3.05) is 5.32 Å². The Kier molecular flexibility index (Phi) is 4.95. The minimum absolute atomic E-state index is 0.117. The Hall–Kier alpha value is -2.61. The largest absolute Gasteiger partial charge is 0.302 e. The summed E-state index contributed by atoms with van der Waals surface area (Å²) in [6.45, 7) is 2.28. The van der Waals surface area contributed by atoms with Gasteiger partial charge < -0.3 is 5.32 Å². The fourth-order valence-corrected chi connectivity index (χ4v) is 3.02. The number of nitrogens with zero attached hydrogens (tertiary/aromatic N) is 4. The zero-order valence-corrected chi connectivity index (χ0v) is 13.8. The van der Waals surface area contributed by atoms with Crippen LogP contribution in [0.4, 0.5) is 9.52 Å². The number of hydrogen-bond donors (Lipinski definition) is 1. The predicted molar refractivity (Wildman–Crippen MR) is 89.1 cm³/mol. The van der Waals surface area contributed by atoms with E-state index in [9.17, 15) is 9.18 Å². The first-order valence-electron chi connectivity index (χ1n) is 7.42. The third-order valence-corrected chi connectivity index (χ3v) is 4.36. The SMILES string of the molecule is C[C@@H](Cn1cncn1)C(=O)Nc1ncc(Cc2ccc(F)cc2)s1. The topological polar surface area (TPSA) is 72.7 Å². The van der Waals surface area contributed by atoms with Crippen molar-refractivity contribution < 1.29 is 9.18 Å². The highest BCUT2D eigenvalue weighted by Gasteiger charge is 2.15. The third-order valence-electron chi connectivity index (χ3n) is 3.45. The number of nitrogens with one attached hydrogen (secondary N) is 1. The molecule has 1 N–H and O–H groups in total. The molecule has 0 bridgehead atoms. The molecule has 0 saturated carbocycles. The van der Waals surface area contributed by atoms with Gasteiger partial charge in [-0.05, 0) is 17.7 Å². The lowest BCUT2D eigenvalue weighted by Crippen LogP contribution is -2.24. The summed E-state index contributed by atoms with van der Waals surface area (Å²) in [7, 11) is 0. The van der Waals surface area contributed by atoms with Crippen LogP contribution in [0.5, 0.6) is 0 Å². The summed E-state index contributed by atoms with van der Waals surface area (Å²) in [6, 6.07) is 6.36. The Bertz CT molecular complexity index is 800. The van der Waals surface area contributed by atoms with Gasteiger partial charge in [-0.15, -0.1) is 11.3 Å². The summed E-state index contributed by atoms with van der Waals surface area (Å²) in [5.74, 6) is -0.623. The van der Waals surface area contributed by atoms with Gasteiger partial charge in [-0.3, -0.25) is 9.48 Å². The summed E-state index contributed by atoms with van der Waals surface area (Å²) in [5, 5.41) is 7.36. The van der Waals surface area contributed by atoms with E-state index >= 15 is 0 Å². The van der Waals surface area contributed by atoms with Crippen molar-refractivity contribution in [3.8, 4) is 0 Å². The summed E-state index contributed by atoms with van der Waals surface area (Å²) < 4.78 is 14.5. The highest BCUT2D eigenvalue weighted by molar-refractivity contribution is 7.15. The molecule has 1 atom stereocenters. The fraction of sp³-hybridized carbons (Fsp3) is 0.250. The number of thiazole rings is 1. The molecular formula is C16H16FN5OS. The fourth-order valence-electron chi connectivity index (χ4n) is 2.17. The van der Waals surface area contributed by atoms with Gasteiger partial charge in [0.15, 0.2) is 5.13 Å². The first-order valence-corrected chi connectivity index (χ1v) is 8.24. The maximum absolute atomic E-state index is 12.9. The van der Waals surface area contributed by atoms with Crippen LogP contribution in [0.25, 0.3) is 0 Å². The van der Waals surface area contributed by atoms with Gasteiger partial charge in [-0.25, -0.2) is 14.4 Å². The summed E-state index contributed by atoms with van der Waals surface area (Å²) in [5.41, 5.74) is 0.998. The molecule has 0 radical (unpaired) electrons. The second-order valence-electron chi connectivity index (χ2n) is 5.44. The highest BCUT2D eigenvalue weighted by atomic mass is 32.1. The van der Waals surface area contributed by atoms with Crippen molar-refractivity contribution in [2.45, 2.75) is 19.9 Å². The molecular weight excluding hydrogens is 329 g/mol. The van der Waals surface area contributed by atoms with E-state index in [0.29, 0.717) is 18.1 Å². The van der Waals surface area contributed by atoms with Crippen LogP contribution in [-0.2, 0) is 17.8 Å². The predicted octanol–water partition coefficient (Wildman–Crippen LogP) is 2.74. The Balaban J connectivity index is 1.57. The molecule has 1 amide bonds. The summed E-state index contributed by atoms with van der Waals surface area (Å²) >= 11 is 1.41. The molecule has 3 aromatic rings. The molecule has 0 aliphatic heterocycles. The maximum Gasteiger partial charge on any atom is 0.230 e. The molecule has 2 heterocycles. The first kappa shape index (κ1) is 16.3. The standard InChI is InChI=1S/C16H16FN5OS/c1-11(8-22-10-18-9-20-22)15(23)21-16-19-7-14(24-16)6-12-2-4-13(17)5-3-12/h2-5,7,9-11H,6,8H2,1H3,(H,19,21,23)/t11-/m0/s1. The maximum atomic E-state index is 12.9. The zero-order chi connectivity index (χ0) is 16.9. The Labute approximate surface area is 142 Å². The quantitative estimate of drug-likeness (QED) is 0.745. The minimum atomic E-state index is -0.254. The van der Waals surface area contributed by atoms with Crippen molar-refractivity contribution in [3.63, 3.8) is 0 Å². The van der Waals surface area contributed by atoms with E-state index in [1.807, 2.05) is 6.92 Å². The van der Waals surface area contributed by atoms with E-state index in [1.54, 1.807) is 29.3 Å². The second kappa shape index (κ2) is 7.31. The molecule has 0 saturated heterocycles. The van der Waals surface area contributed by atoms with Gasteiger partial charge in [-0.1, -0.05) is 19.1 Å². The van der Waals surface area contributed by atoms with Gasteiger partial charge in [0.1, 0.15) is 18.5 Å². The molecule has 0 spiro atoms. The van der Waals surface area contributed by atoms with E-state index in [0.717, 1.165) is 10.4 Å². The smallest absolute Gasteiger partial charge is 0.230 e. The lowest BCUT2D eigenvalue weighted by Gasteiger charge is -2.09. The average molecular weight is 345 g/mol. The van der Waals surface area contributed by atoms with Gasteiger partial charge in [-0.2, -0.15) is 5.10 Å².